The quantitative estimate of drug-likeness (QED) is 0.0488. The zero-order chi connectivity index (χ0) is 35.1. The van der Waals surface area contributed by atoms with E-state index in [1.807, 2.05) is 0 Å². The molecule has 0 fully saturated rings. The fraction of sp³-hybridized carbons (Fsp3) is 0.806. The van der Waals surface area contributed by atoms with Gasteiger partial charge in [0.2, 0.25) is 29.5 Å². The molecule has 0 unspecified atom stereocenters. The normalized spacial score (nSPS) is 12.1. The number of hydrogen-bond acceptors (Lipinski definition) is 11. The maximum absolute atomic E-state index is 12.7. The predicted octanol–water partition coefficient (Wildman–Crippen LogP) is -0.688. The average Bonchev–Trinajstić information content (AvgIpc) is 3.02. The zero-order valence-corrected chi connectivity index (χ0v) is 28.2. The largest absolute Gasteiger partial charge is 0.377 e. The minimum Gasteiger partial charge on any atom is -0.377 e. The van der Waals surface area contributed by atoms with E-state index in [1.165, 1.54) is 6.92 Å². The van der Waals surface area contributed by atoms with Crippen LogP contribution in [-0.4, -0.2) is 120 Å². The first kappa shape index (κ1) is 43.8. The molecule has 0 bridgehead atoms. The topological polar surface area (TPSA) is 240 Å². The van der Waals surface area contributed by atoms with Crippen molar-refractivity contribution in [2.75, 3.05) is 79.0 Å². The summed E-state index contributed by atoms with van der Waals surface area (Å²) in [6.45, 7) is 6.37. The number of hydrogen-bond donors (Lipinski definition) is 6. The summed E-state index contributed by atoms with van der Waals surface area (Å²) in [7, 11) is 0. The second-order valence-electron chi connectivity index (χ2n) is 11.1. The van der Waals surface area contributed by atoms with Gasteiger partial charge in [-0.25, -0.2) is 0 Å². The van der Waals surface area contributed by atoms with E-state index < -0.39 is 6.04 Å². The Labute approximate surface area is 279 Å². The lowest BCUT2D eigenvalue weighted by atomic mass is 10.0. The molecule has 0 aromatic carbocycles. The first-order chi connectivity index (χ1) is 22.6. The maximum atomic E-state index is 12.7. The van der Waals surface area contributed by atoms with Crippen LogP contribution >= 0.6 is 0 Å². The summed E-state index contributed by atoms with van der Waals surface area (Å²) in [4.78, 5) is 70.8. The molecule has 0 aliphatic heterocycles. The van der Waals surface area contributed by atoms with E-state index in [4.69, 9.17) is 30.4 Å². The van der Waals surface area contributed by atoms with Crippen molar-refractivity contribution in [3.8, 4) is 0 Å². The van der Waals surface area contributed by atoms with Crippen molar-refractivity contribution in [1.29, 1.82) is 0 Å². The third kappa shape index (κ3) is 28.7. The minimum absolute atomic E-state index is 0. The van der Waals surface area contributed by atoms with Gasteiger partial charge in [0, 0.05) is 39.8 Å². The molecule has 16 nitrogen and oxygen atoms in total. The summed E-state index contributed by atoms with van der Waals surface area (Å²) in [6, 6.07) is -0.681. The van der Waals surface area contributed by atoms with Gasteiger partial charge in [-0.3, -0.25) is 28.8 Å². The Bertz CT molecular complexity index is 915. The van der Waals surface area contributed by atoms with Gasteiger partial charge < -0.3 is 51.7 Å². The van der Waals surface area contributed by atoms with Crippen LogP contribution < -0.4 is 32.7 Å². The van der Waals surface area contributed by atoms with Crippen LogP contribution in [0.2, 0.25) is 0 Å². The summed E-state index contributed by atoms with van der Waals surface area (Å²) in [5.41, 5.74) is 10.8. The summed E-state index contributed by atoms with van der Waals surface area (Å²) in [5, 5.41) is 11.0. The Morgan fingerprint density at radius 2 is 1.21 bits per heavy atom. The third-order valence-corrected chi connectivity index (χ3v) is 6.67. The number of carbonyl (C=O) groups excluding carboxylic acids is 6. The van der Waals surface area contributed by atoms with Gasteiger partial charge in [0.15, 0.2) is 5.78 Å². The number of unbranched alkanes of at least 4 members (excludes halogenated alkanes) is 2. The lowest BCUT2D eigenvalue weighted by Crippen LogP contribution is -2.47. The highest BCUT2D eigenvalue weighted by Crippen LogP contribution is 2.07. The van der Waals surface area contributed by atoms with Crippen LogP contribution in [0.4, 0.5) is 0 Å². The summed E-state index contributed by atoms with van der Waals surface area (Å²) < 4.78 is 21.0. The smallest absolute Gasteiger partial charge is 0.246 e. The highest BCUT2D eigenvalue weighted by molar-refractivity contribution is 5.87. The number of ether oxygens (including phenoxy) is 4. The van der Waals surface area contributed by atoms with Crippen LogP contribution in [0.1, 0.15) is 73.1 Å². The number of nitrogens with one attached hydrogen (secondary N) is 4. The number of amides is 5. The van der Waals surface area contributed by atoms with Gasteiger partial charge in [0.25, 0.3) is 0 Å². The monoisotopic (exact) mass is 676 g/mol. The van der Waals surface area contributed by atoms with Crippen LogP contribution in [0.3, 0.4) is 0 Å². The molecule has 0 aliphatic carbocycles. The van der Waals surface area contributed by atoms with Gasteiger partial charge in [-0.15, -0.1) is 0 Å². The molecular weight excluding hydrogens is 616 g/mol. The van der Waals surface area contributed by atoms with Gasteiger partial charge in [0.1, 0.15) is 19.3 Å². The molecule has 8 N–H and O–H groups in total. The van der Waals surface area contributed by atoms with E-state index in [9.17, 15) is 28.8 Å². The third-order valence-electron chi connectivity index (χ3n) is 6.67. The highest BCUT2D eigenvalue weighted by Gasteiger charge is 2.20. The Morgan fingerprint density at radius 1 is 0.638 bits per heavy atom. The lowest BCUT2D eigenvalue weighted by Gasteiger charge is -2.18. The molecule has 16 heteroatoms. The second-order valence-corrected chi connectivity index (χ2v) is 11.1. The van der Waals surface area contributed by atoms with Crippen molar-refractivity contribution in [2.24, 2.45) is 17.4 Å². The fourth-order valence-corrected chi connectivity index (χ4v) is 3.98. The predicted molar refractivity (Wildman–Crippen MR) is 176 cm³/mol. The molecule has 0 heterocycles. The van der Waals surface area contributed by atoms with E-state index in [0.29, 0.717) is 71.6 Å². The molecule has 2 atom stereocenters. The number of primary amides is 1. The van der Waals surface area contributed by atoms with Crippen molar-refractivity contribution < 1.29 is 49.1 Å². The number of ketones is 1. The Balaban J connectivity index is 0. The first-order valence-electron chi connectivity index (χ1n) is 16.5. The molecule has 0 aromatic rings. The Morgan fingerprint density at radius 3 is 1.83 bits per heavy atom. The molecule has 274 valence electrons. The fourth-order valence-electron chi connectivity index (χ4n) is 3.98. The van der Waals surface area contributed by atoms with Gasteiger partial charge in [-0.1, -0.05) is 13.3 Å². The molecule has 5 amide bonds. The highest BCUT2D eigenvalue weighted by atomic mass is 16.5. The van der Waals surface area contributed by atoms with Gasteiger partial charge in [-0.2, -0.15) is 0 Å². The van der Waals surface area contributed by atoms with Gasteiger partial charge >= 0.3 is 0 Å². The number of carbonyl (C=O) groups is 6. The van der Waals surface area contributed by atoms with Crippen LogP contribution in [-0.2, 0) is 47.7 Å². The van der Waals surface area contributed by atoms with Crippen LogP contribution in [0.5, 0.6) is 0 Å². The first-order valence-corrected chi connectivity index (χ1v) is 16.5. The van der Waals surface area contributed by atoms with Crippen molar-refractivity contribution in [3.63, 3.8) is 0 Å². The van der Waals surface area contributed by atoms with Crippen molar-refractivity contribution in [1.82, 2.24) is 21.3 Å². The molecule has 0 spiro atoms. The molecule has 47 heavy (non-hydrogen) atoms. The molecule has 0 radical (unpaired) electrons. The zero-order valence-electron chi connectivity index (χ0n) is 28.2. The molecule has 0 aromatic heterocycles. The maximum Gasteiger partial charge on any atom is 0.246 e. The number of rotatable bonds is 32. The van der Waals surface area contributed by atoms with E-state index in [1.54, 1.807) is 6.92 Å². The average molecular weight is 677 g/mol. The minimum atomic E-state index is -0.681. The standard InChI is InChI=1S/C31H58N6O10.H2/c1-24(30(33)42)8-4-6-13-36-31(43)26(9-3-5-12-32)37-28(40)11-7-10-27(39)34-14-16-44-19-21-47-23-29(41)35-15-17-45-18-20-46-22-25(2)38;/h24,26H,3-23,32H2,1-2H3,(H2,33,42)(H,34,39)(H,35,41)(H,36,43)(H,37,40);1H/t24-,26-;/m0./s1. The van der Waals surface area contributed by atoms with Crippen molar-refractivity contribution in [2.45, 2.75) is 77.7 Å². The molecule has 0 saturated carbocycles. The van der Waals surface area contributed by atoms with Crippen LogP contribution in [0.25, 0.3) is 0 Å². The number of nitrogens with two attached hydrogens (primary N) is 2. The SMILES string of the molecule is CC(=O)COCCOCCNC(=O)COCCOCCNC(=O)CCCC(=O)N[C@@H](CCCCN)C(=O)NCCCC[C@H](C)C(N)=O.[HH]. The Hall–Kier alpha value is -3.18. The Kier molecular flexibility index (Phi) is 28.1. The molecule has 0 rings (SSSR count). The molecule has 0 aliphatic rings. The number of Topliss-reactive ketones (excluding diaryl/α,β-unsaturated/α-hetero) is 1. The lowest BCUT2D eigenvalue weighted by molar-refractivity contribution is -0.129. The molecule has 0 saturated heterocycles. The van der Waals surface area contributed by atoms with E-state index >= 15 is 0 Å². The van der Waals surface area contributed by atoms with Crippen molar-refractivity contribution >= 4 is 35.3 Å². The van der Waals surface area contributed by atoms with E-state index in [0.717, 1.165) is 12.8 Å². The van der Waals surface area contributed by atoms with Crippen LogP contribution in [0.15, 0.2) is 0 Å². The second kappa shape index (κ2) is 30.2. The molecular formula is C31H60N6O10. The van der Waals surface area contributed by atoms with Gasteiger partial charge in [-0.05, 0) is 52.0 Å². The van der Waals surface area contributed by atoms with Crippen molar-refractivity contribution in [3.05, 3.63) is 0 Å². The van der Waals surface area contributed by atoms with Gasteiger partial charge in [0.05, 0.1) is 39.6 Å². The summed E-state index contributed by atoms with van der Waals surface area (Å²) in [6.07, 6.45) is 4.56. The van der Waals surface area contributed by atoms with Crippen LogP contribution in [0, 0.1) is 5.92 Å². The summed E-state index contributed by atoms with van der Waals surface area (Å²) in [5.74, 6) is -1.68. The van der Waals surface area contributed by atoms with E-state index in [2.05, 4.69) is 21.3 Å². The summed E-state index contributed by atoms with van der Waals surface area (Å²) >= 11 is 0. The van der Waals surface area contributed by atoms with E-state index in [-0.39, 0.29) is 95.1 Å².